The van der Waals surface area contributed by atoms with E-state index in [4.69, 9.17) is 21.3 Å². The Labute approximate surface area is 213 Å². The van der Waals surface area contributed by atoms with Crippen LogP contribution in [0.2, 0.25) is 5.02 Å². The second kappa shape index (κ2) is 11.4. The number of β-amino-alcohol motifs (C(OH)–C–C–N with tert-alkyl or cyclic N) is 1. The summed E-state index contributed by atoms with van der Waals surface area (Å²) in [5.74, 6) is 2.56. The molecule has 1 N–H and O–H groups in total. The summed E-state index contributed by atoms with van der Waals surface area (Å²) in [5, 5.41) is 11.2. The second-order valence-corrected chi connectivity index (χ2v) is 9.91. The predicted molar refractivity (Wildman–Crippen MR) is 142 cm³/mol. The van der Waals surface area contributed by atoms with E-state index in [2.05, 4.69) is 53.8 Å². The van der Waals surface area contributed by atoms with Gasteiger partial charge in [0.1, 0.15) is 30.1 Å². The van der Waals surface area contributed by atoms with Crippen molar-refractivity contribution in [2.45, 2.75) is 40.2 Å². The Balaban J connectivity index is 1.38. The lowest BCUT2D eigenvalue weighted by molar-refractivity contribution is 0.0662. The standard InChI is InChI=1S/C28H35ClN4O2/c1-19-5-6-20(2)23(15-19)16-27-21(3)30-22(4)31-28(27)33-13-11-32(12-14-33)17-25(34)18-35-26-9-7-24(29)8-10-26/h5-10,15,25,34H,11-14,16-18H2,1-4H3. The van der Waals surface area contributed by atoms with E-state index in [9.17, 15) is 5.11 Å². The first-order valence-corrected chi connectivity index (χ1v) is 12.6. The van der Waals surface area contributed by atoms with Gasteiger partial charge in [0.25, 0.3) is 0 Å². The minimum atomic E-state index is -0.555. The van der Waals surface area contributed by atoms with E-state index in [1.807, 2.05) is 19.1 Å². The molecule has 6 nitrogen and oxygen atoms in total. The van der Waals surface area contributed by atoms with Gasteiger partial charge in [-0.1, -0.05) is 35.4 Å². The summed E-state index contributed by atoms with van der Waals surface area (Å²) in [6, 6.07) is 13.8. The van der Waals surface area contributed by atoms with Crippen molar-refractivity contribution in [2.24, 2.45) is 0 Å². The van der Waals surface area contributed by atoms with Gasteiger partial charge in [0, 0.05) is 55.4 Å². The van der Waals surface area contributed by atoms with Crippen molar-refractivity contribution in [2.75, 3.05) is 44.2 Å². The zero-order valence-corrected chi connectivity index (χ0v) is 21.8. The van der Waals surface area contributed by atoms with E-state index in [-0.39, 0.29) is 6.61 Å². The fourth-order valence-electron chi connectivity index (χ4n) is 4.58. The molecule has 0 spiro atoms. The normalized spacial score (nSPS) is 15.3. The Kier molecular flexibility index (Phi) is 8.26. The third-order valence-corrected chi connectivity index (χ3v) is 6.82. The van der Waals surface area contributed by atoms with E-state index in [1.165, 1.54) is 22.3 Å². The average molecular weight is 495 g/mol. The molecule has 0 aliphatic carbocycles. The van der Waals surface area contributed by atoms with Gasteiger partial charge in [0.2, 0.25) is 0 Å². The molecular weight excluding hydrogens is 460 g/mol. The molecule has 1 atom stereocenters. The molecule has 1 aliphatic rings. The summed E-state index contributed by atoms with van der Waals surface area (Å²) in [4.78, 5) is 14.2. The van der Waals surface area contributed by atoms with E-state index in [0.717, 1.165) is 49.9 Å². The molecule has 2 aromatic carbocycles. The number of halogens is 1. The minimum absolute atomic E-state index is 0.256. The number of rotatable bonds is 8. The Morgan fingerprint density at radius 3 is 2.40 bits per heavy atom. The SMILES string of the molecule is Cc1ccc(C)c(Cc2c(C)nc(C)nc2N2CCN(CC(O)COc3ccc(Cl)cc3)CC2)c1. The van der Waals surface area contributed by atoms with Crippen LogP contribution >= 0.6 is 11.6 Å². The van der Waals surface area contributed by atoms with Crippen LogP contribution in [0.5, 0.6) is 5.75 Å². The van der Waals surface area contributed by atoms with Crippen molar-refractivity contribution in [1.29, 1.82) is 0 Å². The molecule has 0 saturated carbocycles. The average Bonchev–Trinajstić information content (AvgIpc) is 2.83. The topological polar surface area (TPSA) is 61.7 Å². The summed E-state index contributed by atoms with van der Waals surface area (Å²) in [6.45, 7) is 12.6. The number of nitrogens with zero attached hydrogens (tertiary/aromatic N) is 4. The molecule has 1 unspecified atom stereocenters. The van der Waals surface area contributed by atoms with Crippen molar-refractivity contribution in [3.05, 3.63) is 81.3 Å². The Bertz CT molecular complexity index is 1140. The van der Waals surface area contributed by atoms with Gasteiger partial charge in [0.15, 0.2) is 0 Å². The molecule has 3 aromatic rings. The molecule has 0 bridgehead atoms. The number of ether oxygens (including phenoxy) is 1. The predicted octanol–water partition coefficient (Wildman–Crippen LogP) is 4.52. The van der Waals surface area contributed by atoms with Crippen LogP contribution in [-0.4, -0.2) is 65.4 Å². The van der Waals surface area contributed by atoms with Gasteiger partial charge in [-0.05, 0) is 63.1 Å². The van der Waals surface area contributed by atoms with Gasteiger partial charge in [-0.2, -0.15) is 0 Å². The summed E-state index contributed by atoms with van der Waals surface area (Å²) in [7, 11) is 0. The highest BCUT2D eigenvalue weighted by atomic mass is 35.5. The lowest BCUT2D eigenvalue weighted by Crippen LogP contribution is -2.49. The van der Waals surface area contributed by atoms with Crippen LogP contribution in [0.25, 0.3) is 0 Å². The van der Waals surface area contributed by atoms with Crippen LogP contribution in [0.4, 0.5) is 5.82 Å². The van der Waals surface area contributed by atoms with Gasteiger partial charge < -0.3 is 14.7 Å². The fraction of sp³-hybridized carbons (Fsp3) is 0.429. The minimum Gasteiger partial charge on any atom is -0.491 e. The van der Waals surface area contributed by atoms with Crippen molar-refractivity contribution in [3.63, 3.8) is 0 Å². The summed E-state index contributed by atoms with van der Waals surface area (Å²) in [6.07, 6.45) is 0.274. The molecule has 0 radical (unpaired) electrons. The summed E-state index contributed by atoms with van der Waals surface area (Å²) in [5.41, 5.74) is 6.13. The molecule has 4 rings (SSSR count). The maximum absolute atomic E-state index is 10.5. The quantitative estimate of drug-likeness (QED) is 0.497. The van der Waals surface area contributed by atoms with Crippen LogP contribution in [0.1, 0.15) is 33.8 Å². The number of piperazine rings is 1. The number of aromatic nitrogens is 2. The lowest BCUT2D eigenvalue weighted by Gasteiger charge is -2.37. The smallest absolute Gasteiger partial charge is 0.136 e. The summed E-state index contributed by atoms with van der Waals surface area (Å²) < 4.78 is 5.71. The molecule has 35 heavy (non-hydrogen) atoms. The molecule has 1 aliphatic heterocycles. The number of aliphatic hydroxyl groups is 1. The zero-order valence-electron chi connectivity index (χ0n) is 21.1. The van der Waals surface area contributed by atoms with Crippen molar-refractivity contribution in [3.8, 4) is 5.75 Å². The highest BCUT2D eigenvalue weighted by Crippen LogP contribution is 2.27. The molecule has 1 saturated heterocycles. The van der Waals surface area contributed by atoms with Gasteiger partial charge in [-0.3, -0.25) is 4.90 Å². The van der Waals surface area contributed by atoms with Crippen LogP contribution in [0.3, 0.4) is 0 Å². The Morgan fingerprint density at radius 2 is 1.69 bits per heavy atom. The number of aryl methyl sites for hydroxylation is 4. The maximum atomic E-state index is 10.5. The Morgan fingerprint density at radius 1 is 0.971 bits per heavy atom. The van der Waals surface area contributed by atoms with E-state index in [0.29, 0.717) is 17.3 Å². The highest BCUT2D eigenvalue weighted by molar-refractivity contribution is 6.30. The second-order valence-electron chi connectivity index (χ2n) is 9.47. The lowest BCUT2D eigenvalue weighted by atomic mass is 9.97. The Hall–Kier alpha value is -2.67. The first kappa shape index (κ1) is 25.4. The van der Waals surface area contributed by atoms with Crippen molar-refractivity contribution < 1.29 is 9.84 Å². The van der Waals surface area contributed by atoms with Crippen LogP contribution in [0, 0.1) is 27.7 Å². The van der Waals surface area contributed by atoms with Crippen molar-refractivity contribution in [1.82, 2.24) is 14.9 Å². The van der Waals surface area contributed by atoms with Crippen LogP contribution in [-0.2, 0) is 6.42 Å². The van der Waals surface area contributed by atoms with Gasteiger partial charge in [0.05, 0.1) is 0 Å². The monoisotopic (exact) mass is 494 g/mol. The summed E-state index contributed by atoms with van der Waals surface area (Å²) >= 11 is 5.92. The van der Waals surface area contributed by atoms with Gasteiger partial charge >= 0.3 is 0 Å². The first-order chi connectivity index (χ1) is 16.8. The molecule has 186 valence electrons. The first-order valence-electron chi connectivity index (χ1n) is 12.2. The number of anilines is 1. The third-order valence-electron chi connectivity index (χ3n) is 6.57. The molecule has 1 fully saturated rings. The van der Waals surface area contributed by atoms with Crippen LogP contribution in [0.15, 0.2) is 42.5 Å². The van der Waals surface area contributed by atoms with Gasteiger partial charge in [-0.15, -0.1) is 0 Å². The number of hydrogen-bond acceptors (Lipinski definition) is 6. The zero-order chi connectivity index (χ0) is 24.9. The number of aliphatic hydroxyl groups excluding tert-OH is 1. The van der Waals surface area contributed by atoms with Crippen LogP contribution < -0.4 is 9.64 Å². The molecule has 7 heteroatoms. The van der Waals surface area contributed by atoms with E-state index < -0.39 is 6.10 Å². The van der Waals surface area contributed by atoms with E-state index in [1.54, 1.807) is 12.1 Å². The maximum Gasteiger partial charge on any atom is 0.136 e. The molecule has 0 amide bonds. The highest BCUT2D eigenvalue weighted by Gasteiger charge is 2.24. The molecule has 1 aromatic heterocycles. The van der Waals surface area contributed by atoms with Gasteiger partial charge in [-0.25, -0.2) is 9.97 Å². The third kappa shape index (κ3) is 6.72. The fourth-order valence-corrected chi connectivity index (χ4v) is 4.71. The molecule has 2 heterocycles. The van der Waals surface area contributed by atoms with Crippen molar-refractivity contribution >= 4 is 17.4 Å². The van der Waals surface area contributed by atoms with E-state index >= 15 is 0 Å². The largest absolute Gasteiger partial charge is 0.491 e. The number of hydrogen-bond donors (Lipinski definition) is 1. The number of benzene rings is 2. The molecular formula is C28H35ClN4O2.